The van der Waals surface area contributed by atoms with E-state index in [9.17, 15) is 9.18 Å². The van der Waals surface area contributed by atoms with Gasteiger partial charge in [0, 0.05) is 35.8 Å². The highest BCUT2D eigenvalue weighted by molar-refractivity contribution is 5.94. The van der Waals surface area contributed by atoms with Gasteiger partial charge in [-0.3, -0.25) is 4.79 Å². The summed E-state index contributed by atoms with van der Waals surface area (Å²) in [5.74, 6) is 0.113. The SMILES string of the molecule is O=C(Cn1c(-c2ccc(-c3cccnc3F)cc2)c(C2CCCCC2)c2ccccc21)N1CCOCC1. The van der Waals surface area contributed by atoms with Crippen molar-refractivity contribution in [2.24, 2.45) is 0 Å². The topological polar surface area (TPSA) is 47.4 Å². The number of halogens is 1. The summed E-state index contributed by atoms with van der Waals surface area (Å²) >= 11 is 0. The van der Waals surface area contributed by atoms with Gasteiger partial charge in [-0.15, -0.1) is 0 Å². The largest absolute Gasteiger partial charge is 0.378 e. The van der Waals surface area contributed by atoms with E-state index in [-0.39, 0.29) is 5.91 Å². The Kier molecular flexibility index (Phi) is 6.75. The van der Waals surface area contributed by atoms with Gasteiger partial charge in [0.1, 0.15) is 6.54 Å². The van der Waals surface area contributed by atoms with E-state index in [1.54, 1.807) is 12.1 Å². The van der Waals surface area contributed by atoms with Crippen LogP contribution in [0.1, 0.15) is 43.6 Å². The van der Waals surface area contributed by atoms with Crippen LogP contribution in [0.4, 0.5) is 4.39 Å². The highest BCUT2D eigenvalue weighted by Crippen LogP contribution is 2.44. The first kappa shape index (κ1) is 23.9. The summed E-state index contributed by atoms with van der Waals surface area (Å²) in [4.78, 5) is 19.2. The maximum atomic E-state index is 14.4. The predicted octanol–water partition coefficient (Wildman–Crippen LogP) is 6.42. The summed E-state index contributed by atoms with van der Waals surface area (Å²) < 4.78 is 22.1. The first-order valence-electron chi connectivity index (χ1n) is 13.4. The lowest BCUT2D eigenvalue weighted by Crippen LogP contribution is -2.42. The molecule has 0 atom stereocenters. The lowest BCUT2D eigenvalue weighted by molar-refractivity contribution is -0.135. The zero-order valence-corrected chi connectivity index (χ0v) is 21.0. The number of rotatable bonds is 5. The molecule has 1 amide bonds. The zero-order valence-electron chi connectivity index (χ0n) is 21.0. The number of hydrogen-bond acceptors (Lipinski definition) is 3. The zero-order chi connectivity index (χ0) is 25.2. The van der Waals surface area contributed by atoms with Gasteiger partial charge in [0.05, 0.1) is 18.9 Å². The molecule has 6 rings (SSSR count). The molecule has 0 bridgehead atoms. The third kappa shape index (κ3) is 4.66. The minimum Gasteiger partial charge on any atom is -0.378 e. The molecule has 0 N–H and O–H groups in total. The number of pyridine rings is 1. The molecule has 1 aliphatic carbocycles. The standard InChI is InChI=1S/C31H32FN3O2/c32-31-25(10-6-16-33-31)22-12-14-24(15-13-22)30-29(23-7-2-1-3-8-23)26-9-4-5-11-27(26)35(30)21-28(36)34-17-19-37-20-18-34/h4-6,9-16,23H,1-3,7-8,17-21H2. The van der Waals surface area contributed by atoms with Crippen LogP contribution in [-0.2, 0) is 16.1 Å². The lowest BCUT2D eigenvalue weighted by Gasteiger charge is -2.28. The van der Waals surface area contributed by atoms with Crippen molar-refractivity contribution in [1.82, 2.24) is 14.5 Å². The van der Waals surface area contributed by atoms with Crippen LogP contribution in [0, 0.1) is 5.95 Å². The Hall–Kier alpha value is -3.51. The fourth-order valence-electron chi connectivity index (χ4n) is 6.07. The van der Waals surface area contributed by atoms with Gasteiger partial charge in [-0.2, -0.15) is 4.39 Å². The molecule has 2 aromatic carbocycles. The minimum absolute atomic E-state index is 0.120. The molecule has 1 saturated heterocycles. The summed E-state index contributed by atoms with van der Waals surface area (Å²) in [7, 11) is 0. The first-order valence-corrected chi connectivity index (χ1v) is 13.4. The van der Waals surface area contributed by atoms with Gasteiger partial charge in [-0.1, -0.05) is 61.7 Å². The third-order valence-electron chi connectivity index (χ3n) is 7.91. The maximum absolute atomic E-state index is 14.4. The van der Waals surface area contributed by atoms with E-state index >= 15 is 0 Å². The smallest absolute Gasteiger partial charge is 0.242 e. The molecule has 190 valence electrons. The Morgan fingerprint density at radius 3 is 2.41 bits per heavy atom. The molecule has 5 nitrogen and oxygen atoms in total. The summed E-state index contributed by atoms with van der Waals surface area (Å²) in [5.41, 5.74) is 5.91. The summed E-state index contributed by atoms with van der Waals surface area (Å²) in [6.45, 7) is 2.74. The second-order valence-corrected chi connectivity index (χ2v) is 10.1. The summed E-state index contributed by atoms with van der Waals surface area (Å²) in [6, 6.07) is 20.1. The molecule has 0 unspecified atom stereocenters. The molecule has 6 heteroatoms. The van der Waals surface area contributed by atoms with Crippen LogP contribution in [0.3, 0.4) is 0 Å². The van der Waals surface area contributed by atoms with Crippen LogP contribution in [-0.4, -0.2) is 46.7 Å². The maximum Gasteiger partial charge on any atom is 0.242 e. The van der Waals surface area contributed by atoms with Gasteiger partial charge in [-0.25, -0.2) is 4.98 Å². The van der Waals surface area contributed by atoms with Crippen LogP contribution in [0.5, 0.6) is 0 Å². The number of hydrogen-bond donors (Lipinski definition) is 0. The van der Waals surface area contributed by atoms with Crippen molar-refractivity contribution >= 4 is 16.8 Å². The predicted molar refractivity (Wildman–Crippen MR) is 144 cm³/mol. The van der Waals surface area contributed by atoms with Gasteiger partial charge in [0.25, 0.3) is 0 Å². The van der Waals surface area contributed by atoms with E-state index in [0.717, 1.165) is 35.2 Å². The van der Waals surface area contributed by atoms with Crippen LogP contribution in [0.15, 0.2) is 66.9 Å². The average molecular weight is 498 g/mol. The Labute approximate surface area is 216 Å². The highest BCUT2D eigenvalue weighted by Gasteiger charge is 2.28. The van der Waals surface area contributed by atoms with E-state index in [2.05, 4.69) is 45.9 Å². The Morgan fingerprint density at radius 2 is 1.65 bits per heavy atom. The number of aromatic nitrogens is 2. The van der Waals surface area contributed by atoms with Gasteiger partial charge in [-0.05, 0) is 53.6 Å². The summed E-state index contributed by atoms with van der Waals surface area (Å²) in [6.07, 6.45) is 7.54. The fourth-order valence-corrected chi connectivity index (χ4v) is 6.07. The molecular formula is C31H32FN3O2. The molecule has 37 heavy (non-hydrogen) atoms. The van der Waals surface area contributed by atoms with Gasteiger partial charge < -0.3 is 14.2 Å². The average Bonchev–Trinajstić information content (AvgIpc) is 3.28. The number of para-hydroxylation sites is 1. The number of amides is 1. The van der Waals surface area contributed by atoms with Crippen molar-refractivity contribution in [3.63, 3.8) is 0 Å². The molecule has 2 fully saturated rings. The van der Waals surface area contributed by atoms with Crippen molar-refractivity contribution in [3.05, 3.63) is 78.4 Å². The summed E-state index contributed by atoms with van der Waals surface area (Å²) in [5, 5.41) is 1.24. The number of benzene rings is 2. The Morgan fingerprint density at radius 1 is 0.919 bits per heavy atom. The minimum atomic E-state index is -0.469. The number of morpholine rings is 1. The van der Waals surface area contributed by atoms with Gasteiger partial charge in [0.2, 0.25) is 11.9 Å². The second kappa shape index (κ2) is 10.5. The van der Waals surface area contributed by atoms with Crippen molar-refractivity contribution in [2.75, 3.05) is 26.3 Å². The number of nitrogens with zero attached hydrogens (tertiary/aromatic N) is 3. The van der Waals surface area contributed by atoms with Crippen LogP contribution >= 0.6 is 0 Å². The van der Waals surface area contributed by atoms with E-state index in [0.29, 0.717) is 44.3 Å². The van der Waals surface area contributed by atoms with Crippen LogP contribution in [0.2, 0.25) is 0 Å². The fraction of sp³-hybridized carbons (Fsp3) is 0.355. The van der Waals surface area contributed by atoms with Crippen molar-refractivity contribution in [3.8, 4) is 22.4 Å². The van der Waals surface area contributed by atoms with Crippen LogP contribution in [0.25, 0.3) is 33.3 Å². The molecule has 0 radical (unpaired) electrons. The molecular weight excluding hydrogens is 465 g/mol. The van der Waals surface area contributed by atoms with Crippen molar-refractivity contribution in [2.45, 2.75) is 44.6 Å². The third-order valence-corrected chi connectivity index (χ3v) is 7.91. The van der Waals surface area contributed by atoms with Crippen molar-refractivity contribution < 1.29 is 13.9 Å². The van der Waals surface area contributed by atoms with Gasteiger partial charge >= 0.3 is 0 Å². The number of carbonyl (C=O) groups is 1. The van der Waals surface area contributed by atoms with E-state index < -0.39 is 5.95 Å². The molecule has 2 aliphatic rings. The van der Waals surface area contributed by atoms with Crippen LogP contribution < -0.4 is 0 Å². The van der Waals surface area contributed by atoms with E-state index in [1.807, 2.05) is 17.0 Å². The van der Waals surface area contributed by atoms with E-state index in [4.69, 9.17) is 4.74 Å². The second-order valence-electron chi connectivity index (χ2n) is 10.1. The molecule has 4 aromatic rings. The lowest BCUT2D eigenvalue weighted by atomic mass is 9.82. The van der Waals surface area contributed by atoms with Crippen molar-refractivity contribution in [1.29, 1.82) is 0 Å². The first-order chi connectivity index (χ1) is 18.2. The van der Waals surface area contributed by atoms with E-state index in [1.165, 1.54) is 36.4 Å². The monoisotopic (exact) mass is 497 g/mol. The Bertz CT molecular complexity index is 1400. The molecule has 2 aromatic heterocycles. The number of ether oxygens (including phenoxy) is 1. The highest BCUT2D eigenvalue weighted by atomic mass is 19.1. The Balaban J connectivity index is 1.48. The number of carbonyl (C=O) groups excluding carboxylic acids is 1. The van der Waals surface area contributed by atoms with Gasteiger partial charge in [0.15, 0.2) is 0 Å². The quantitative estimate of drug-likeness (QED) is 0.299. The normalized spacial score (nSPS) is 16.8. The molecule has 3 heterocycles. The molecule has 1 aliphatic heterocycles. The number of fused-ring (bicyclic) bond motifs is 1. The molecule has 0 spiro atoms. The molecule has 1 saturated carbocycles.